The molecule has 1 saturated heterocycles. The molecule has 2 aromatic rings. The summed E-state index contributed by atoms with van der Waals surface area (Å²) in [6, 6.07) is 6.78. The van der Waals surface area contributed by atoms with E-state index in [1.165, 1.54) is 23.1 Å². The number of carbonyl (C=O) groups is 3. The maximum Gasteiger partial charge on any atom is 0.265 e. The van der Waals surface area contributed by atoms with Gasteiger partial charge in [-0.15, -0.1) is 11.3 Å². The predicted molar refractivity (Wildman–Crippen MR) is 146 cm³/mol. The van der Waals surface area contributed by atoms with Crippen LogP contribution in [0.1, 0.15) is 53.8 Å². The van der Waals surface area contributed by atoms with Crippen molar-refractivity contribution in [1.82, 2.24) is 10.6 Å². The van der Waals surface area contributed by atoms with Crippen LogP contribution in [0, 0.1) is 11.8 Å². The molecule has 210 valence electrons. The molecule has 1 unspecified atom stereocenters. The topological polar surface area (TPSA) is 99.8 Å². The number of carbonyl (C=O) groups excluding carboxylic acids is 3. The summed E-state index contributed by atoms with van der Waals surface area (Å²) >= 11 is 7.11. The summed E-state index contributed by atoms with van der Waals surface area (Å²) < 4.78 is 33.6. The van der Waals surface area contributed by atoms with Crippen molar-refractivity contribution in [1.29, 1.82) is 0 Å². The highest BCUT2D eigenvalue weighted by Crippen LogP contribution is 2.42. The lowest BCUT2D eigenvalue weighted by atomic mass is 9.77. The van der Waals surface area contributed by atoms with Crippen molar-refractivity contribution in [2.75, 3.05) is 36.5 Å². The van der Waals surface area contributed by atoms with Crippen molar-refractivity contribution < 1.29 is 27.9 Å². The summed E-state index contributed by atoms with van der Waals surface area (Å²) in [7, 11) is 0. The number of alkyl halides is 2. The zero-order valence-corrected chi connectivity index (χ0v) is 22.8. The van der Waals surface area contributed by atoms with Gasteiger partial charge in [0.15, 0.2) is 0 Å². The van der Waals surface area contributed by atoms with Crippen LogP contribution in [0.4, 0.5) is 20.2 Å². The van der Waals surface area contributed by atoms with Crippen molar-refractivity contribution in [3.05, 3.63) is 45.1 Å². The molecule has 12 heteroatoms. The third-order valence-corrected chi connectivity index (χ3v) is 8.80. The highest BCUT2D eigenvalue weighted by molar-refractivity contribution is 7.18. The minimum Gasteiger partial charge on any atom is -0.370 e. The molecule has 0 spiro atoms. The lowest BCUT2D eigenvalue weighted by Crippen LogP contribution is -2.55. The molecule has 3 amide bonds. The summed E-state index contributed by atoms with van der Waals surface area (Å²) in [5.41, 5.74) is -0.0538. The fraction of sp³-hybridized carbons (Fsp3) is 0.519. The molecule has 39 heavy (non-hydrogen) atoms. The number of halogens is 3. The highest BCUT2D eigenvalue weighted by Gasteiger charge is 2.41. The van der Waals surface area contributed by atoms with E-state index < -0.39 is 24.3 Å². The number of ether oxygens (including phenoxy) is 1. The molecule has 0 bridgehead atoms. The molecule has 1 aliphatic heterocycles. The van der Waals surface area contributed by atoms with Gasteiger partial charge in [-0.05, 0) is 67.9 Å². The fourth-order valence-electron chi connectivity index (χ4n) is 5.14. The number of amides is 3. The molecule has 2 aliphatic carbocycles. The Morgan fingerprint density at radius 3 is 2.51 bits per heavy atom. The average molecular weight is 581 g/mol. The van der Waals surface area contributed by atoms with E-state index in [9.17, 15) is 23.2 Å². The SMILES string of the molecule is O=C(NC[C@@H](NC(C1CCC1)C1CC1)C(=O)Nc1ccc(N2CCOCC2=O)c(C(F)F)c1)c1ccc(Cl)s1. The fourth-order valence-corrected chi connectivity index (χ4v) is 6.10. The minimum atomic E-state index is -2.85. The van der Waals surface area contributed by atoms with E-state index in [1.54, 1.807) is 12.1 Å². The number of thiophene rings is 1. The highest BCUT2D eigenvalue weighted by atomic mass is 35.5. The quantitative estimate of drug-likeness (QED) is 0.361. The summed E-state index contributed by atoms with van der Waals surface area (Å²) in [5.74, 6) is -0.185. The zero-order valence-electron chi connectivity index (χ0n) is 21.3. The van der Waals surface area contributed by atoms with Gasteiger partial charge in [0.2, 0.25) is 5.91 Å². The summed E-state index contributed by atoms with van der Waals surface area (Å²) in [4.78, 5) is 40.1. The second kappa shape index (κ2) is 12.3. The number of rotatable bonds is 11. The van der Waals surface area contributed by atoms with Crippen LogP contribution in [0.25, 0.3) is 0 Å². The van der Waals surface area contributed by atoms with E-state index in [2.05, 4.69) is 16.0 Å². The third kappa shape index (κ3) is 6.77. The van der Waals surface area contributed by atoms with Gasteiger partial charge < -0.3 is 25.6 Å². The first-order chi connectivity index (χ1) is 18.8. The van der Waals surface area contributed by atoms with Crippen molar-refractivity contribution in [2.45, 2.75) is 50.6 Å². The van der Waals surface area contributed by atoms with Gasteiger partial charge in [-0.2, -0.15) is 0 Å². The van der Waals surface area contributed by atoms with Crippen molar-refractivity contribution in [3.63, 3.8) is 0 Å². The van der Waals surface area contributed by atoms with Gasteiger partial charge in [0.25, 0.3) is 18.2 Å². The van der Waals surface area contributed by atoms with Gasteiger partial charge in [0.1, 0.15) is 12.6 Å². The van der Waals surface area contributed by atoms with E-state index in [0.717, 1.165) is 43.4 Å². The van der Waals surface area contributed by atoms with Gasteiger partial charge in [-0.25, -0.2) is 8.78 Å². The summed E-state index contributed by atoms with van der Waals surface area (Å²) in [6.07, 6.45) is 2.71. The lowest BCUT2D eigenvalue weighted by molar-refractivity contribution is -0.125. The normalized spacial score (nSPS) is 19.5. The molecule has 2 saturated carbocycles. The maximum absolute atomic E-state index is 14.0. The van der Waals surface area contributed by atoms with Crippen LogP contribution in [-0.2, 0) is 14.3 Å². The first kappa shape index (κ1) is 27.9. The third-order valence-electron chi connectivity index (χ3n) is 7.57. The van der Waals surface area contributed by atoms with Crippen LogP contribution >= 0.6 is 22.9 Å². The molecule has 2 atom stereocenters. The van der Waals surface area contributed by atoms with Crippen LogP contribution in [0.3, 0.4) is 0 Å². The molecular formula is C27H31ClF2N4O4S. The van der Waals surface area contributed by atoms with Gasteiger partial charge in [-0.1, -0.05) is 18.0 Å². The average Bonchev–Trinajstić information content (AvgIpc) is 3.64. The predicted octanol–water partition coefficient (Wildman–Crippen LogP) is 4.61. The van der Waals surface area contributed by atoms with Gasteiger partial charge in [0, 0.05) is 30.4 Å². The van der Waals surface area contributed by atoms with Crippen LogP contribution < -0.4 is 20.9 Å². The monoisotopic (exact) mass is 580 g/mol. The molecule has 5 rings (SSSR count). The lowest BCUT2D eigenvalue weighted by Gasteiger charge is -2.37. The maximum atomic E-state index is 14.0. The van der Waals surface area contributed by atoms with E-state index in [-0.39, 0.29) is 55.2 Å². The molecular weight excluding hydrogens is 550 g/mol. The Hall–Kier alpha value is -2.60. The smallest absolute Gasteiger partial charge is 0.265 e. The summed E-state index contributed by atoms with van der Waals surface area (Å²) in [6.45, 7) is 0.293. The number of morpholine rings is 1. The molecule has 1 aromatic heterocycles. The number of nitrogens with one attached hydrogen (secondary N) is 3. The van der Waals surface area contributed by atoms with E-state index >= 15 is 0 Å². The Labute approximate surface area is 234 Å². The van der Waals surface area contributed by atoms with Crippen molar-refractivity contribution in [3.8, 4) is 0 Å². The molecule has 2 heterocycles. The number of nitrogens with zero attached hydrogens (tertiary/aromatic N) is 1. The standard InChI is InChI=1S/C27H31ClF2N4O4S/c28-22-9-8-21(39-22)27(37)31-13-19(33-24(16-4-5-16)15-2-1-3-15)26(36)32-17-6-7-20(18(12-17)25(29)30)34-10-11-38-14-23(34)35/h6-9,12,15-16,19,24-25,33H,1-5,10-11,13-14H2,(H,31,37)(H,32,36)/t19-,24?/m1/s1. The van der Waals surface area contributed by atoms with Crippen LogP contribution in [0.15, 0.2) is 30.3 Å². The summed E-state index contributed by atoms with van der Waals surface area (Å²) in [5, 5.41) is 9.06. The minimum absolute atomic E-state index is 0.0260. The van der Waals surface area contributed by atoms with Crippen LogP contribution in [-0.4, -0.2) is 56.1 Å². The molecule has 0 radical (unpaired) electrons. The van der Waals surface area contributed by atoms with Crippen molar-refractivity contribution in [2.24, 2.45) is 11.8 Å². The van der Waals surface area contributed by atoms with Gasteiger partial charge in [-0.3, -0.25) is 14.4 Å². The Kier molecular flexibility index (Phi) is 8.80. The molecule has 3 fully saturated rings. The van der Waals surface area contributed by atoms with Gasteiger partial charge >= 0.3 is 0 Å². The van der Waals surface area contributed by atoms with Crippen LogP contribution in [0.5, 0.6) is 0 Å². The second-order valence-electron chi connectivity index (χ2n) is 10.2. The Morgan fingerprint density at radius 1 is 1.13 bits per heavy atom. The van der Waals surface area contributed by atoms with Crippen LogP contribution in [0.2, 0.25) is 4.34 Å². The van der Waals surface area contributed by atoms with Crippen molar-refractivity contribution >= 4 is 52.0 Å². The molecule has 3 aliphatic rings. The Balaban J connectivity index is 1.32. The number of benzene rings is 1. The second-order valence-corrected chi connectivity index (χ2v) is 12.0. The largest absolute Gasteiger partial charge is 0.370 e. The first-order valence-electron chi connectivity index (χ1n) is 13.2. The molecule has 1 aromatic carbocycles. The molecule has 8 nitrogen and oxygen atoms in total. The Bertz CT molecular complexity index is 1220. The van der Waals surface area contributed by atoms with E-state index in [1.807, 2.05) is 0 Å². The van der Waals surface area contributed by atoms with Gasteiger partial charge in [0.05, 0.1) is 21.5 Å². The number of hydrogen-bond donors (Lipinski definition) is 3. The zero-order chi connectivity index (χ0) is 27.5. The number of anilines is 2. The van der Waals surface area contributed by atoms with E-state index in [4.69, 9.17) is 16.3 Å². The van der Waals surface area contributed by atoms with E-state index in [0.29, 0.717) is 21.0 Å². The molecule has 3 N–H and O–H groups in total. The Morgan fingerprint density at radius 2 is 1.90 bits per heavy atom. The number of hydrogen-bond acceptors (Lipinski definition) is 6. The first-order valence-corrected chi connectivity index (χ1v) is 14.4.